The number of hydrogen-bond donors (Lipinski definition) is 2. The molecule has 4 rings (SSSR count). The first-order chi connectivity index (χ1) is 11.8. The van der Waals surface area contributed by atoms with E-state index < -0.39 is 0 Å². The number of aromatic amines is 1. The molecule has 1 atom stereocenters. The van der Waals surface area contributed by atoms with Crippen molar-refractivity contribution in [2.45, 2.75) is 38.1 Å². The predicted octanol–water partition coefficient (Wildman–Crippen LogP) is 3.47. The monoisotopic (exact) mass is 357 g/mol. The van der Waals surface area contributed by atoms with Gasteiger partial charge in [-0.2, -0.15) is 10.4 Å². The van der Waals surface area contributed by atoms with Crippen LogP contribution in [0.2, 0.25) is 0 Å². The van der Waals surface area contributed by atoms with Gasteiger partial charge in [0.15, 0.2) is 5.82 Å². The van der Waals surface area contributed by atoms with Gasteiger partial charge in [-0.25, -0.2) is 9.97 Å². The maximum absolute atomic E-state index is 9.22. The third-order valence-electron chi connectivity index (χ3n) is 4.95. The van der Waals surface area contributed by atoms with Crippen LogP contribution in [0, 0.1) is 17.2 Å². The normalized spacial score (nSPS) is 15.8. The van der Waals surface area contributed by atoms with E-state index in [-0.39, 0.29) is 18.4 Å². The lowest BCUT2D eigenvalue weighted by Crippen LogP contribution is -2.17. The number of nitrogen functional groups attached to an aromatic ring is 1. The molecule has 0 bridgehead atoms. The average Bonchev–Trinajstić information content (AvgIpc) is 3.32. The average molecular weight is 358 g/mol. The zero-order valence-electron chi connectivity index (χ0n) is 13.7. The summed E-state index contributed by atoms with van der Waals surface area (Å²) in [5.41, 5.74) is 8.52. The van der Waals surface area contributed by atoms with Crippen LogP contribution < -0.4 is 5.73 Å². The van der Waals surface area contributed by atoms with Gasteiger partial charge in [-0.3, -0.25) is 4.68 Å². The highest BCUT2D eigenvalue weighted by Gasteiger charge is 2.28. The zero-order valence-corrected chi connectivity index (χ0v) is 14.5. The summed E-state index contributed by atoms with van der Waals surface area (Å²) >= 11 is 0. The molecule has 1 saturated carbocycles. The van der Waals surface area contributed by atoms with Crippen molar-refractivity contribution in [3.63, 3.8) is 0 Å². The van der Waals surface area contributed by atoms with E-state index in [1.54, 1.807) is 0 Å². The van der Waals surface area contributed by atoms with Crippen molar-refractivity contribution in [3.8, 4) is 17.3 Å². The topological polar surface area (TPSA) is 109 Å². The molecule has 0 unspecified atom stereocenters. The Labute approximate surface area is 151 Å². The van der Waals surface area contributed by atoms with E-state index >= 15 is 0 Å². The van der Waals surface area contributed by atoms with Crippen LogP contribution in [0.4, 0.5) is 5.82 Å². The highest BCUT2D eigenvalue weighted by Crippen LogP contribution is 2.37. The van der Waals surface area contributed by atoms with Crippen LogP contribution in [-0.2, 0) is 0 Å². The molecule has 7 nitrogen and oxygen atoms in total. The van der Waals surface area contributed by atoms with Gasteiger partial charge in [-0.15, -0.1) is 12.4 Å². The Morgan fingerprint density at radius 1 is 1.36 bits per heavy atom. The molecule has 0 aromatic carbocycles. The van der Waals surface area contributed by atoms with Crippen LogP contribution in [0.25, 0.3) is 22.3 Å². The summed E-state index contributed by atoms with van der Waals surface area (Å²) in [4.78, 5) is 11.7. The maximum Gasteiger partial charge on any atom is 0.154 e. The minimum atomic E-state index is 0. The van der Waals surface area contributed by atoms with E-state index in [2.05, 4.69) is 26.1 Å². The minimum Gasteiger partial charge on any atom is -0.382 e. The minimum absolute atomic E-state index is 0. The van der Waals surface area contributed by atoms with Gasteiger partial charge in [0.25, 0.3) is 0 Å². The Hall–Kier alpha value is -2.59. The Balaban J connectivity index is 0.00000182. The predicted molar refractivity (Wildman–Crippen MR) is 98.0 cm³/mol. The fraction of sp³-hybridized carbons (Fsp3) is 0.412. The van der Waals surface area contributed by atoms with E-state index in [0.717, 1.165) is 35.1 Å². The molecule has 1 fully saturated rings. The lowest BCUT2D eigenvalue weighted by atomic mass is 9.96. The fourth-order valence-corrected chi connectivity index (χ4v) is 3.76. The van der Waals surface area contributed by atoms with E-state index in [1.165, 1.54) is 19.2 Å². The Morgan fingerprint density at radius 2 is 2.16 bits per heavy atom. The van der Waals surface area contributed by atoms with Crippen molar-refractivity contribution < 1.29 is 0 Å². The molecule has 3 aromatic rings. The number of nitrogens with two attached hydrogens (primary N) is 1. The quantitative estimate of drug-likeness (QED) is 0.742. The molecule has 0 saturated heterocycles. The number of nitriles is 1. The molecule has 0 aliphatic heterocycles. The molecule has 0 spiro atoms. The van der Waals surface area contributed by atoms with E-state index in [4.69, 9.17) is 5.73 Å². The molecule has 0 radical (unpaired) electrons. The molecular weight excluding hydrogens is 338 g/mol. The smallest absolute Gasteiger partial charge is 0.154 e. The van der Waals surface area contributed by atoms with E-state index in [0.29, 0.717) is 18.2 Å². The number of nitrogens with zero attached hydrogens (tertiary/aromatic N) is 5. The van der Waals surface area contributed by atoms with Crippen molar-refractivity contribution in [1.29, 1.82) is 5.26 Å². The number of fused-ring (bicyclic) bond motifs is 1. The van der Waals surface area contributed by atoms with Crippen molar-refractivity contribution in [2.24, 2.45) is 5.92 Å². The van der Waals surface area contributed by atoms with E-state index in [1.807, 2.05) is 23.1 Å². The second kappa shape index (κ2) is 7.11. The molecule has 1 aliphatic rings. The Bertz CT molecular complexity index is 901. The Kier molecular flexibility index (Phi) is 4.91. The van der Waals surface area contributed by atoms with Crippen LogP contribution in [0.5, 0.6) is 0 Å². The molecule has 1 aliphatic carbocycles. The van der Waals surface area contributed by atoms with Gasteiger partial charge < -0.3 is 10.7 Å². The van der Waals surface area contributed by atoms with Gasteiger partial charge in [0.1, 0.15) is 12.0 Å². The number of anilines is 1. The summed E-state index contributed by atoms with van der Waals surface area (Å²) in [7, 11) is 0. The van der Waals surface area contributed by atoms with Gasteiger partial charge in [-0.05, 0) is 24.8 Å². The van der Waals surface area contributed by atoms with Crippen LogP contribution in [0.1, 0.15) is 38.1 Å². The number of halogens is 1. The van der Waals surface area contributed by atoms with Gasteiger partial charge in [0.05, 0.1) is 29.8 Å². The lowest BCUT2D eigenvalue weighted by Gasteiger charge is -2.21. The van der Waals surface area contributed by atoms with Crippen molar-refractivity contribution in [1.82, 2.24) is 24.7 Å². The molecule has 130 valence electrons. The van der Waals surface area contributed by atoms with Crippen LogP contribution in [-0.4, -0.2) is 24.7 Å². The summed E-state index contributed by atoms with van der Waals surface area (Å²) in [5, 5.41) is 14.7. The van der Waals surface area contributed by atoms with Crippen molar-refractivity contribution in [3.05, 3.63) is 24.8 Å². The number of hydrogen-bond acceptors (Lipinski definition) is 5. The maximum atomic E-state index is 9.22. The lowest BCUT2D eigenvalue weighted by molar-refractivity contribution is 0.315. The second-order valence-corrected chi connectivity index (χ2v) is 6.34. The third-order valence-corrected chi connectivity index (χ3v) is 4.95. The van der Waals surface area contributed by atoms with Crippen molar-refractivity contribution >= 4 is 29.3 Å². The molecule has 25 heavy (non-hydrogen) atoms. The molecule has 0 amide bonds. The first-order valence-electron chi connectivity index (χ1n) is 8.28. The van der Waals surface area contributed by atoms with Gasteiger partial charge in [0.2, 0.25) is 0 Å². The van der Waals surface area contributed by atoms with Gasteiger partial charge in [0, 0.05) is 17.8 Å². The largest absolute Gasteiger partial charge is 0.382 e. The number of aromatic nitrogens is 5. The van der Waals surface area contributed by atoms with Crippen LogP contribution >= 0.6 is 12.4 Å². The van der Waals surface area contributed by atoms with Gasteiger partial charge >= 0.3 is 0 Å². The first kappa shape index (κ1) is 17.2. The van der Waals surface area contributed by atoms with Crippen LogP contribution in [0.15, 0.2) is 24.8 Å². The SMILES string of the molecule is Cl.N#CC[C@H](C1CCCC1)n1cc(-c2ncnc3[nH]ccc23)c(N)n1. The first-order valence-corrected chi connectivity index (χ1v) is 8.28. The molecule has 3 aromatic heterocycles. The summed E-state index contributed by atoms with van der Waals surface area (Å²) < 4.78 is 1.88. The van der Waals surface area contributed by atoms with E-state index in [9.17, 15) is 5.26 Å². The Morgan fingerprint density at radius 3 is 2.92 bits per heavy atom. The third kappa shape index (κ3) is 3.05. The summed E-state index contributed by atoms with van der Waals surface area (Å²) in [6.45, 7) is 0. The standard InChI is InChI=1S/C17H19N7.ClH/c18-7-5-14(11-3-1-2-4-11)24-9-13(16(19)23-24)15-12-6-8-20-17(12)22-10-21-15;/h6,8-11,14H,1-5H2,(H2,19,23)(H,20,21,22);1H/t14-;/m1./s1. The van der Waals surface area contributed by atoms with Gasteiger partial charge in [-0.1, -0.05) is 12.8 Å². The van der Waals surface area contributed by atoms with Crippen molar-refractivity contribution in [2.75, 3.05) is 5.73 Å². The number of H-pyrrole nitrogens is 1. The summed E-state index contributed by atoms with van der Waals surface area (Å²) in [6.07, 6.45) is 10.5. The highest BCUT2D eigenvalue weighted by atomic mass is 35.5. The highest BCUT2D eigenvalue weighted by molar-refractivity contribution is 5.92. The molecular formula is C17H20ClN7. The number of rotatable bonds is 4. The fourth-order valence-electron chi connectivity index (χ4n) is 3.76. The molecule has 8 heteroatoms. The summed E-state index contributed by atoms with van der Waals surface area (Å²) in [5.74, 6) is 0.937. The molecule has 3 N–H and O–H groups in total. The summed E-state index contributed by atoms with van der Waals surface area (Å²) in [6, 6.07) is 4.32. The number of nitrogens with one attached hydrogen (secondary N) is 1. The second-order valence-electron chi connectivity index (χ2n) is 6.34. The molecule has 3 heterocycles. The zero-order chi connectivity index (χ0) is 16.5. The van der Waals surface area contributed by atoms with Crippen LogP contribution in [0.3, 0.4) is 0 Å².